The largest absolute Gasteiger partial charge is 0.392 e. The Labute approximate surface area is 385 Å². The minimum absolute atomic E-state index is 0.0122. The van der Waals surface area contributed by atoms with Gasteiger partial charge in [0.05, 0.1) is 65.5 Å². The second-order valence-electron chi connectivity index (χ2n) is 26.2. The van der Waals surface area contributed by atoms with Gasteiger partial charge in [0.25, 0.3) is 0 Å². The molecule has 4 saturated carbocycles. The first-order valence-corrected chi connectivity index (χ1v) is 26.0. The summed E-state index contributed by atoms with van der Waals surface area (Å²) in [5.74, 6) is 0.408. The third-order valence-electron chi connectivity index (χ3n) is 23.2. The molecule has 2 spiro atoms. The van der Waals surface area contributed by atoms with Crippen LogP contribution < -0.4 is 0 Å². The Balaban J connectivity index is 0.760. The molecule has 4 saturated heterocycles. The summed E-state index contributed by atoms with van der Waals surface area (Å²) < 4.78 is 26.4. The first kappa shape index (κ1) is 43.2. The lowest BCUT2D eigenvalue weighted by atomic mass is 9.44. The molecule has 1 aromatic heterocycles. The van der Waals surface area contributed by atoms with E-state index < -0.39 is 52.1 Å². The molecule has 0 aromatic carbocycles. The van der Waals surface area contributed by atoms with Gasteiger partial charge < -0.3 is 44.5 Å². The van der Waals surface area contributed by atoms with Gasteiger partial charge in [-0.15, -0.1) is 0 Å². The van der Waals surface area contributed by atoms with Gasteiger partial charge in [0.15, 0.2) is 11.6 Å². The maximum atomic E-state index is 12.9. The van der Waals surface area contributed by atoms with Gasteiger partial charge >= 0.3 is 0 Å². The van der Waals surface area contributed by atoms with E-state index in [0.29, 0.717) is 55.8 Å². The van der Waals surface area contributed by atoms with Crippen molar-refractivity contribution in [3.05, 3.63) is 46.1 Å². The zero-order valence-corrected chi connectivity index (χ0v) is 40.2. The Morgan fingerprint density at radius 1 is 0.615 bits per heavy atom. The minimum atomic E-state index is -1.31. The van der Waals surface area contributed by atoms with Crippen molar-refractivity contribution in [1.29, 1.82) is 0 Å². The van der Waals surface area contributed by atoms with Gasteiger partial charge in [0.2, 0.25) is 0 Å². The summed E-state index contributed by atoms with van der Waals surface area (Å²) >= 11 is 0. The summed E-state index contributed by atoms with van der Waals surface area (Å²) in [4.78, 5) is 11.2. The second-order valence-corrected chi connectivity index (χ2v) is 26.2. The van der Waals surface area contributed by atoms with E-state index in [9.17, 15) is 25.5 Å². The van der Waals surface area contributed by atoms with Crippen LogP contribution in [-0.2, 0) is 44.6 Å². The van der Waals surface area contributed by atoms with E-state index >= 15 is 0 Å². The molecule has 65 heavy (non-hydrogen) atoms. The number of hydrogen-bond donors (Lipinski definition) is 5. The Bertz CT molecular complexity index is 2270. The summed E-state index contributed by atoms with van der Waals surface area (Å²) in [6, 6.07) is 0. The lowest BCUT2D eigenvalue weighted by Gasteiger charge is -2.61. The molecule has 0 amide bonds. The number of rotatable bonds is 0. The Morgan fingerprint density at radius 2 is 1.15 bits per heavy atom. The van der Waals surface area contributed by atoms with E-state index in [0.717, 1.165) is 63.5 Å². The van der Waals surface area contributed by atoms with Crippen molar-refractivity contribution in [3.8, 4) is 0 Å². The topological polar surface area (TPSA) is 164 Å². The molecule has 356 valence electrons. The van der Waals surface area contributed by atoms with Gasteiger partial charge in [-0.2, -0.15) is 0 Å². The predicted octanol–water partition coefficient (Wildman–Crippen LogP) is 6.33. The highest BCUT2D eigenvalue weighted by Crippen LogP contribution is 2.72. The lowest BCUT2D eigenvalue weighted by Crippen LogP contribution is -2.64. The SMILES string of the molecule is C[C@@H]1[C@@]2(CC[C@](C)(O)CO2)O[C@H]2C=C3[C@@H]4CC[C@H]5Cc6nc7c(nc6C[C@]5(C)[C@H]4C[C@@H](O)[C@]3(C)[C@]21O)C[C@@H]1CC[C@H]2C3=C[C@@H]4OC5(CC[C@](C)(O)CO5)[C@@H](C)[C@@H]4[C@@]3(C)[C@H](O)C[C@@H]2[C@@]1(C)C7. The van der Waals surface area contributed by atoms with E-state index in [1.165, 1.54) is 28.2 Å². The predicted molar refractivity (Wildman–Crippen MR) is 240 cm³/mol. The minimum Gasteiger partial charge on any atom is -0.392 e. The van der Waals surface area contributed by atoms with Crippen molar-refractivity contribution in [3.63, 3.8) is 0 Å². The van der Waals surface area contributed by atoms with E-state index in [1.807, 2.05) is 13.8 Å². The van der Waals surface area contributed by atoms with Crippen LogP contribution in [0.4, 0.5) is 0 Å². The van der Waals surface area contributed by atoms with Crippen LogP contribution in [0, 0.1) is 74.9 Å². The maximum absolute atomic E-state index is 12.9. The quantitative estimate of drug-likeness (QED) is 0.185. The summed E-state index contributed by atoms with van der Waals surface area (Å²) in [5.41, 5.74) is 3.00. The molecule has 11 nitrogen and oxygen atoms in total. The van der Waals surface area contributed by atoms with Crippen LogP contribution in [-0.4, -0.2) is 102 Å². The molecular weight excluding hydrogens is 821 g/mol. The average Bonchev–Trinajstić information content (AvgIpc) is 3.86. The van der Waals surface area contributed by atoms with Gasteiger partial charge in [-0.05, 0) is 137 Å². The molecule has 8 fully saturated rings. The van der Waals surface area contributed by atoms with Crippen LogP contribution in [0.25, 0.3) is 0 Å². The third-order valence-corrected chi connectivity index (χ3v) is 23.2. The Hall–Kier alpha value is -1.80. The molecule has 12 aliphatic rings. The number of nitrogens with zero attached hydrogens (tertiary/aromatic N) is 2. The molecule has 5 N–H and O–H groups in total. The molecular formula is C54H76N2O9. The lowest BCUT2D eigenvalue weighted by molar-refractivity contribution is -0.289. The van der Waals surface area contributed by atoms with Crippen molar-refractivity contribution >= 4 is 0 Å². The molecule has 1 unspecified atom stereocenters. The fraction of sp³-hybridized carbons (Fsp3) is 0.852. The normalized spacial score (nSPS) is 59.1. The monoisotopic (exact) mass is 897 g/mol. The summed E-state index contributed by atoms with van der Waals surface area (Å²) in [6.07, 6.45) is 14.6. The van der Waals surface area contributed by atoms with Gasteiger partial charge in [0.1, 0.15) is 11.7 Å². The molecule has 22 atom stereocenters. The third kappa shape index (κ3) is 5.25. The molecule has 5 heterocycles. The first-order valence-electron chi connectivity index (χ1n) is 26.0. The average molecular weight is 897 g/mol. The fourth-order valence-electron chi connectivity index (χ4n) is 19.0. The molecule has 11 heteroatoms. The summed E-state index contributed by atoms with van der Waals surface area (Å²) in [5, 5.41) is 59.2. The van der Waals surface area contributed by atoms with Crippen LogP contribution in [0.5, 0.6) is 0 Å². The van der Waals surface area contributed by atoms with E-state index in [4.69, 9.17) is 28.9 Å². The maximum Gasteiger partial charge on any atom is 0.174 e. The van der Waals surface area contributed by atoms with E-state index in [-0.39, 0.29) is 65.2 Å². The number of hydrogen-bond acceptors (Lipinski definition) is 11. The van der Waals surface area contributed by atoms with Gasteiger partial charge in [-0.3, -0.25) is 9.97 Å². The van der Waals surface area contributed by atoms with Crippen molar-refractivity contribution < 1.29 is 44.5 Å². The standard InChI is InChI=1S/C54H76N2O9/c1-27-45-41(64-52(27)15-13-46(3,59)25-62-52)19-35-31-11-9-29-17-37-39(23-48(29,5)33(31)20-42(57)50(35,45)7)55-38-18-30-10-12-32-34(49(30,6)24-40(38)56-37)21-43(58)51(8)36(32)22-44-54(51,61)28(2)53(65-44)16-14-47(4,60)26-63-53/h19,22,27-34,41-45,57-61H,9-18,20-21,23-26H2,1-8H3/t27-,28+,29-,30-,31+,32+,33-,34-,41-,42+,43+,44-,45-,46-,47-,48-,49-,50+,51+,52?,53+,54+/m0/s1. The molecule has 4 aliphatic heterocycles. The van der Waals surface area contributed by atoms with E-state index in [2.05, 4.69) is 46.8 Å². The van der Waals surface area contributed by atoms with Gasteiger partial charge in [-0.1, -0.05) is 64.8 Å². The fourth-order valence-corrected chi connectivity index (χ4v) is 19.0. The van der Waals surface area contributed by atoms with Crippen LogP contribution >= 0.6 is 0 Å². The Morgan fingerprint density at radius 3 is 1.71 bits per heavy atom. The van der Waals surface area contributed by atoms with Gasteiger partial charge in [0, 0.05) is 41.4 Å². The van der Waals surface area contributed by atoms with Crippen LogP contribution in [0.3, 0.4) is 0 Å². The molecule has 0 radical (unpaired) electrons. The van der Waals surface area contributed by atoms with Crippen molar-refractivity contribution in [1.82, 2.24) is 9.97 Å². The molecule has 1 aromatic rings. The number of aliphatic hydroxyl groups excluding tert-OH is 2. The van der Waals surface area contributed by atoms with Crippen LogP contribution in [0.2, 0.25) is 0 Å². The highest BCUT2D eigenvalue weighted by molar-refractivity contribution is 5.43. The number of aliphatic hydroxyl groups is 5. The molecule has 0 bridgehead atoms. The number of ether oxygens (including phenoxy) is 4. The zero-order valence-electron chi connectivity index (χ0n) is 40.2. The van der Waals surface area contributed by atoms with Gasteiger partial charge in [-0.25, -0.2) is 0 Å². The smallest absolute Gasteiger partial charge is 0.174 e. The summed E-state index contributed by atoms with van der Waals surface area (Å²) in [7, 11) is 0. The van der Waals surface area contributed by atoms with E-state index in [1.54, 1.807) is 6.92 Å². The highest BCUT2D eigenvalue weighted by Gasteiger charge is 2.77. The number of aromatic nitrogens is 2. The zero-order chi connectivity index (χ0) is 45.4. The van der Waals surface area contributed by atoms with Crippen molar-refractivity contribution in [2.75, 3.05) is 13.2 Å². The Kier molecular flexibility index (Phi) is 8.73. The second kappa shape index (κ2) is 13.1. The molecule has 8 aliphatic carbocycles. The molecule has 13 rings (SSSR count). The number of fused-ring (bicyclic) bond motifs is 16. The van der Waals surface area contributed by atoms with Crippen molar-refractivity contribution in [2.45, 2.75) is 198 Å². The van der Waals surface area contributed by atoms with Crippen molar-refractivity contribution in [2.24, 2.45) is 74.9 Å². The summed E-state index contributed by atoms with van der Waals surface area (Å²) in [6.45, 7) is 17.8. The van der Waals surface area contributed by atoms with Crippen LogP contribution in [0.1, 0.15) is 142 Å². The first-order chi connectivity index (χ1) is 30.5. The highest BCUT2D eigenvalue weighted by atomic mass is 16.7. The van der Waals surface area contributed by atoms with Crippen LogP contribution in [0.15, 0.2) is 23.3 Å².